The molecule has 0 spiro atoms. The van der Waals surface area contributed by atoms with Gasteiger partial charge in [-0.1, -0.05) is 27.5 Å². The molecule has 3 rings (SSSR count). The van der Waals surface area contributed by atoms with Crippen molar-refractivity contribution in [1.82, 2.24) is 4.90 Å². The molecule has 1 aliphatic heterocycles. The Kier molecular flexibility index (Phi) is 7.38. The van der Waals surface area contributed by atoms with Crippen LogP contribution in [0.5, 0.6) is 0 Å². The second-order valence-corrected chi connectivity index (χ2v) is 9.78. The molecule has 1 amide bonds. The summed E-state index contributed by atoms with van der Waals surface area (Å²) in [5, 5.41) is 0.0352. The number of carbonyl (C=O) groups excluding carboxylic acids is 2. The molecule has 30 heavy (non-hydrogen) atoms. The lowest BCUT2D eigenvalue weighted by molar-refractivity contribution is -0.135. The maximum Gasteiger partial charge on any atom is 0.340 e. The van der Waals surface area contributed by atoms with Gasteiger partial charge in [0.25, 0.3) is 15.9 Å². The minimum atomic E-state index is -3.95. The van der Waals surface area contributed by atoms with Crippen LogP contribution in [0, 0.1) is 0 Å². The summed E-state index contributed by atoms with van der Waals surface area (Å²) in [6.07, 6.45) is 2.93. The van der Waals surface area contributed by atoms with Gasteiger partial charge in [0.15, 0.2) is 6.61 Å². The highest BCUT2D eigenvalue weighted by atomic mass is 79.9. The van der Waals surface area contributed by atoms with E-state index in [-0.39, 0.29) is 21.4 Å². The van der Waals surface area contributed by atoms with Gasteiger partial charge in [0, 0.05) is 23.2 Å². The van der Waals surface area contributed by atoms with Crippen molar-refractivity contribution in [3.05, 3.63) is 57.5 Å². The van der Waals surface area contributed by atoms with E-state index in [1.54, 1.807) is 29.2 Å². The molecule has 0 radical (unpaired) electrons. The lowest BCUT2D eigenvalue weighted by atomic mass is 10.1. The van der Waals surface area contributed by atoms with Crippen molar-refractivity contribution in [2.75, 3.05) is 24.4 Å². The van der Waals surface area contributed by atoms with Gasteiger partial charge in [-0.25, -0.2) is 13.2 Å². The number of esters is 1. The summed E-state index contributed by atoms with van der Waals surface area (Å²) in [5.41, 5.74) is 0.242. The van der Waals surface area contributed by atoms with Crippen LogP contribution < -0.4 is 4.72 Å². The highest BCUT2D eigenvalue weighted by Gasteiger charge is 2.22. The maximum absolute atomic E-state index is 12.7. The Morgan fingerprint density at radius 3 is 2.40 bits per heavy atom. The van der Waals surface area contributed by atoms with Crippen LogP contribution in [-0.2, 0) is 19.6 Å². The SMILES string of the molecule is O=C(OCC(=O)N1CCCCC1)c1cc(S(=O)(=O)Nc2ccc(Br)cc2)ccc1Cl. The number of nitrogens with one attached hydrogen (secondary N) is 1. The molecule has 160 valence electrons. The lowest BCUT2D eigenvalue weighted by Gasteiger charge is -2.26. The Balaban J connectivity index is 1.71. The third-order valence-electron chi connectivity index (χ3n) is 4.60. The van der Waals surface area contributed by atoms with Crippen LogP contribution in [0.2, 0.25) is 5.02 Å². The van der Waals surface area contributed by atoms with Crippen molar-refractivity contribution < 1.29 is 22.7 Å². The first-order chi connectivity index (χ1) is 14.3. The summed E-state index contributed by atoms with van der Waals surface area (Å²) in [6.45, 7) is 0.877. The normalized spacial score (nSPS) is 14.3. The maximum atomic E-state index is 12.7. The van der Waals surface area contributed by atoms with E-state index in [9.17, 15) is 18.0 Å². The van der Waals surface area contributed by atoms with Gasteiger partial charge < -0.3 is 9.64 Å². The fourth-order valence-corrected chi connectivity index (χ4v) is 4.54. The van der Waals surface area contributed by atoms with Gasteiger partial charge in [-0.15, -0.1) is 0 Å². The smallest absolute Gasteiger partial charge is 0.340 e. The second kappa shape index (κ2) is 9.80. The molecule has 1 fully saturated rings. The molecule has 0 atom stereocenters. The fourth-order valence-electron chi connectivity index (χ4n) is 3.00. The number of halogens is 2. The lowest BCUT2D eigenvalue weighted by Crippen LogP contribution is -2.38. The van der Waals surface area contributed by atoms with Gasteiger partial charge in [-0.05, 0) is 61.7 Å². The molecule has 1 aliphatic rings. The van der Waals surface area contributed by atoms with E-state index < -0.39 is 22.6 Å². The minimum absolute atomic E-state index is 0.0352. The van der Waals surface area contributed by atoms with Crippen LogP contribution in [-0.4, -0.2) is 44.9 Å². The van der Waals surface area contributed by atoms with E-state index in [4.69, 9.17) is 16.3 Å². The Labute approximate surface area is 188 Å². The number of piperidine rings is 1. The number of anilines is 1. The molecule has 0 aliphatic carbocycles. The molecule has 0 aromatic heterocycles. The Hall–Kier alpha value is -2.10. The van der Waals surface area contributed by atoms with Gasteiger partial charge in [-0.3, -0.25) is 9.52 Å². The van der Waals surface area contributed by atoms with Crippen molar-refractivity contribution in [1.29, 1.82) is 0 Å². The van der Waals surface area contributed by atoms with Gasteiger partial charge >= 0.3 is 5.97 Å². The monoisotopic (exact) mass is 514 g/mol. The number of benzene rings is 2. The molecular formula is C20H20BrClN2O5S. The Morgan fingerprint density at radius 1 is 1.07 bits per heavy atom. The topological polar surface area (TPSA) is 92.8 Å². The van der Waals surface area contributed by atoms with E-state index in [0.29, 0.717) is 18.8 Å². The van der Waals surface area contributed by atoms with Crippen molar-refractivity contribution in [2.24, 2.45) is 0 Å². The van der Waals surface area contributed by atoms with Gasteiger partial charge in [0.05, 0.1) is 15.5 Å². The van der Waals surface area contributed by atoms with E-state index in [1.807, 2.05) is 0 Å². The first-order valence-corrected chi connectivity index (χ1v) is 11.9. The van der Waals surface area contributed by atoms with Crippen LogP contribution in [0.4, 0.5) is 5.69 Å². The third kappa shape index (κ3) is 5.74. The van der Waals surface area contributed by atoms with E-state index in [1.165, 1.54) is 12.1 Å². The zero-order valence-electron chi connectivity index (χ0n) is 15.9. The highest BCUT2D eigenvalue weighted by molar-refractivity contribution is 9.10. The summed E-state index contributed by atoms with van der Waals surface area (Å²) in [5.74, 6) is -1.13. The molecule has 2 aromatic rings. The largest absolute Gasteiger partial charge is 0.452 e. The molecule has 0 bridgehead atoms. The molecule has 1 N–H and O–H groups in total. The predicted octanol–water partition coefficient (Wildman–Crippen LogP) is 4.07. The number of hydrogen-bond donors (Lipinski definition) is 1. The minimum Gasteiger partial charge on any atom is -0.452 e. The molecular weight excluding hydrogens is 496 g/mol. The average molecular weight is 516 g/mol. The standard InChI is InChI=1S/C20H20BrClN2O5S/c21-14-4-6-15(7-5-14)23-30(27,28)16-8-9-18(22)17(12-16)20(26)29-13-19(25)24-10-2-1-3-11-24/h4-9,12,23H,1-3,10-11,13H2. The fraction of sp³-hybridized carbons (Fsp3) is 0.300. The van der Waals surface area contributed by atoms with E-state index >= 15 is 0 Å². The van der Waals surface area contributed by atoms with Crippen LogP contribution in [0.3, 0.4) is 0 Å². The van der Waals surface area contributed by atoms with Crippen LogP contribution in [0.25, 0.3) is 0 Å². The molecule has 2 aromatic carbocycles. The number of likely N-dealkylation sites (tertiary alicyclic amines) is 1. The quantitative estimate of drug-likeness (QED) is 0.586. The summed E-state index contributed by atoms with van der Waals surface area (Å²) in [6, 6.07) is 10.3. The number of nitrogens with zero attached hydrogens (tertiary/aromatic N) is 1. The molecule has 1 saturated heterocycles. The molecule has 0 saturated carbocycles. The molecule has 10 heteroatoms. The number of amides is 1. The van der Waals surface area contributed by atoms with Crippen molar-refractivity contribution >= 4 is 55.1 Å². The second-order valence-electron chi connectivity index (χ2n) is 6.77. The van der Waals surface area contributed by atoms with Crippen molar-refractivity contribution in [2.45, 2.75) is 24.2 Å². The zero-order valence-corrected chi connectivity index (χ0v) is 19.1. The highest BCUT2D eigenvalue weighted by Crippen LogP contribution is 2.24. The van der Waals surface area contributed by atoms with Crippen LogP contribution in [0.15, 0.2) is 51.8 Å². The van der Waals surface area contributed by atoms with Gasteiger partial charge in [-0.2, -0.15) is 0 Å². The number of rotatable bonds is 6. The number of hydrogen-bond acceptors (Lipinski definition) is 5. The van der Waals surface area contributed by atoms with Crippen LogP contribution >= 0.6 is 27.5 Å². The molecule has 7 nitrogen and oxygen atoms in total. The zero-order chi connectivity index (χ0) is 21.7. The van der Waals surface area contributed by atoms with E-state index in [2.05, 4.69) is 20.7 Å². The first-order valence-electron chi connectivity index (χ1n) is 9.29. The first kappa shape index (κ1) is 22.6. The summed E-state index contributed by atoms with van der Waals surface area (Å²) in [4.78, 5) is 26.1. The van der Waals surface area contributed by atoms with E-state index in [0.717, 1.165) is 29.8 Å². The number of carbonyl (C=O) groups is 2. The Bertz CT molecular complexity index is 1040. The summed E-state index contributed by atoms with van der Waals surface area (Å²) in [7, 11) is -3.95. The van der Waals surface area contributed by atoms with Gasteiger partial charge in [0.1, 0.15) is 0 Å². The summed E-state index contributed by atoms with van der Waals surface area (Å²) < 4.78 is 33.7. The number of ether oxygens (including phenoxy) is 1. The van der Waals surface area contributed by atoms with Crippen molar-refractivity contribution in [3.63, 3.8) is 0 Å². The number of sulfonamides is 1. The average Bonchev–Trinajstić information content (AvgIpc) is 2.74. The predicted molar refractivity (Wildman–Crippen MR) is 117 cm³/mol. The third-order valence-corrected chi connectivity index (χ3v) is 6.84. The molecule has 0 unspecified atom stereocenters. The Morgan fingerprint density at radius 2 is 1.73 bits per heavy atom. The summed E-state index contributed by atoms with van der Waals surface area (Å²) >= 11 is 9.35. The van der Waals surface area contributed by atoms with Crippen molar-refractivity contribution in [3.8, 4) is 0 Å². The molecule has 1 heterocycles. The van der Waals surface area contributed by atoms with Crippen LogP contribution in [0.1, 0.15) is 29.6 Å². The van der Waals surface area contributed by atoms with Gasteiger partial charge in [0.2, 0.25) is 0 Å².